The normalized spacial score (nSPS) is 14.4. The molecule has 0 unspecified atom stereocenters. The van der Waals surface area contributed by atoms with Gasteiger partial charge >= 0.3 is 0 Å². The molecule has 0 spiro atoms. The number of methoxy groups -OCH3 is 1. The van der Waals surface area contributed by atoms with Crippen LogP contribution >= 0.6 is 0 Å². The Kier molecular flexibility index (Phi) is 6.31. The number of hydrogen-bond donors (Lipinski definition) is 1. The number of nitrogens with zero attached hydrogens (tertiary/aromatic N) is 2. The van der Waals surface area contributed by atoms with Crippen molar-refractivity contribution < 1.29 is 14.3 Å². The molecule has 28 heavy (non-hydrogen) atoms. The first-order valence-electron chi connectivity index (χ1n) is 9.47. The van der Waals surface area contributed by atoms with Gasteiger partial charge in [0.05, 0.1) is 19.7 Å². The smallest absolute Gasteiger partial charge is 0.239 e. The van der Waals surface area contributed by atoms with E-state index in [1.165, 1.54) is 11.1 Å². The Morgan fingerprint density at radius 1 is 1.18 bits per heavy atom. The molecule has 148 valence electrons. The van der Waals surface area contributed by atoms with Gasteiger partial charge in [-0.05, 0) is 43.7 Å². The molecule has 1 aliphatic heterocycles. The summed E-state index contributed by atoms with van der Waals surface area (Å²) in [5.41, 5.74) is 3.18. The Labute approximate surface area is 166 Å². The molecule has 1 aliphatic rings. The Hall–Kier alpha value is -2.86. The average Bonchev–Trinajstić information content (AvgIpc) is 2.72. The van der Waals surface area contributed by atoms with Crippen molar-refractivity contribution in [3.05, 3.63) is 59.7 Å². The van der Waals surface area contributed by atoms with Crippen LogP contribution in [0.1, 0.15) is 18.1 Å². The molecule has 1 N–H and O–H groups in total. The third-order valence-electron chi connectivity index (χ3n) is 5.21. The maximum atomic E-state index is 12.9. The minimum Gasteiger partial charge on any atom is -0.497 e. The van der Waals surface area contributed by atoms with Crippen LogP contribution in [0.5, 0.6) is 5.75 Å². The van der Waals surface area contributed by atoms with Gasteiger partial charge in [0.15, 0.2) is 0 Å². The molecule has 0 saturated carbocycles. The molecule has 6 heteroatoms. The number of carbonyl (C=O) groups excluding carboxylic acids is 2. The number of likely N-dealkylation sites (N-methyl/N-ethyl adjacent to an activating group) is 1. The average molecular weight is 381 g/mol. The van der Waals surface area contributed by atoms with Gasteiger partial charge in [0.2, 0.25) is 11.8 Å². The summed E-state index contributed by atoms with van der Waals surface area (Å²) < 4.78 is 5.17. The maximum absolute atomic E-state index is 12.9. The number of rotatable bonds is 6. The lowest BCUT2D eigenvalue weighted by atomic mass is 9.99. The fourth-order valence-electron chi connectivity index (χ4n) is 3.40. The highest BCUT2D eigenvalue weighted by Gasteiger charge is 2.27. The van der Waals surface area contributed by atoms with Gasteiger partial charge in [-0.15, -0.1) is 0 Å². The van der Waals surface area contributed by atoms with Gasteiger partial charge < -0.3 is 15.0 Å². The second-order valence-corrected chi connectivity index (χ2v) is 7.15. The molecule has 3 rings (SSSR count). The van der Waals surface area contributed by atoms with Crippen LogP contribution in [0, 0.1) is 0 Å². The van der Waals surface area contributed by atoms with Crippen LogP contribution in [-0.4, -0.2) is 54.9 Å². The van der Waals surface area contributed by atoms with Gasteiger partial charge in [0, 0.05) is 24.8 Å². The van der Waals surface area contributed by atoms with Crippen LogP contribution in [0.3, 0.4) is 0 Å². The molecule has 0 saturated heterocycles. The fourth-order valence-corrected chi connectivity index (χ4v) is 3.40. The first-order valence-corrected chi connectivity index (χ1v) is 9.47. The minimum atomic E-state index is -0.374. The topological polar surface area (TPSA) is 61.9 Å². The molecule has 2 amide bonds. The number of fused-ring (bicyclic) bond motifs is 1. The van der Waals surface area contributed by atoms with Gasteiger partial charge in [0.25, 0.3) is 0 Å². The number of carbonyl (C=O) groups is 2. The molecule has 1 atom stereocenters. The maximum Gasteiger partial charge on any atom is 0.239 e. The number of benzene rings is 2. The summed E-state index contributed by atoms with van der Waals surface area (Å²) in [5, 5.41) is 2.85. The second-order valence-electron chi connectivity index (χ2n) is 7.15. The SMILES string of the molecule is COc1cccc(NC(=O)CN(C)[C@@H](C)C(=O)N2CCc3ccccc3C2)c1. The standard InChI is InChI=1S/C22H27N3O3/c1-16(22(27)25-12-11-17-7-4-5-8-18(17)14-25)24(2)15-21(26)23-19-9-6-10-20(13-19)28-3/h4-10,13,16H,11-12,14-15H2,1-3H3,(H,23,26)/t16-/m0/s1. The zero-order valence-corrected chi connectivity index (χ0v) is 16.6. The van der Waals surface area contributed by atoms with Crippen molar-refractivity contribution in [3.8, 4) is 5.75 Å². The van der Waals surface area contributed by atoms with Crippen molar-refractivity contribution in [1.82, 2.24) is 9.80 Å². The lowest BCUT2D eigenvalue weighted by molar-refractivity contribution is -0.137. The van der Waals surface area contributed by atoms with Crippen molar-refractivity contribution in [2.45, 2.75) is 25.9 Å². The van der Waals surface area contributed by atoms with Crippen LogP contribution in [0.15, 0.2) is 48.5 Å². The highest BCUT2D eigenvalue weighted by molar-refractivity contribution is 5.93. The van der Waals surface area contributed by atoms with Gasteiger partial charge in [-0.2, -0.15) is 0 Å². The first-order chi connectivity index (χ1) is 13.5. The molecule has 0 aliphatic carbocycles. The van der Waals surface area contributed by atoms with E-state index in [4.69, 9.17) is 4.74 Å². The Balaban J connectivity index is 1.55. The van der Waals surface area contributed by atoms with Crippen molar-refractivity contribution in [1.29, 1.82) is 0 Å². The van der Waals surface area contributed by atoms with E-state index in [0.717, 1.165) is 6.42 Å². The molecule has 0 radical (unpaired) electrons. The van der Waals surface area contributed by atoms with E-state index in [1.54, 1.807) is 31.2 Å². The quantitative estimate of drug-likeness (QED) is 0.835. The van der Waals surface area contributed by atoms with E-state index in [2.05, 4.69) is 17.4 Å². The van der Waals surface area contributed by atoms with E-state index in [9.17, 15) is 9.59 Å². The highest BCUT2D eigenvalue weighted by atomic mass is 16.5. The number of hydrogen-bond acceptors (Lipinski definition) is 4. The molecule has 0 aromatic heterocycles. The largest absolute Gasteiger partial charge is 0.497 e. The zero-order chi connectivity index (χ0) is 20.1. The Morgan fingerprint density at radius 3 is 2.68 bits per heavy atom. The van der Waals surface area contributed by atoms with E-state index in [-0.39, 0.29) is 24.4 Å². The summed E-state index contributed by atoms with van der Waals surface area (Å²) in [4.78, 5) is 28.9. The second kappa shape index (κ2) is 8.89. The zero-order valence-electron chi connectivity index (χ0n) is 16.6. The third-order valence-corrected chi connectivity index (χ3v) is 5.21. The minimum absolute atomic E-state index is 0.0474. The molecule has 0 bridgehead atoms. The molecule has 2 aromatic carbocycles. The van der Waals surface area contributed by atoms with Gasteiger partial charge in [-0.3, -0.25) is 14.5 Å². The van der Waals surface area contributed by atoms with Crippen LogP contribution in [0.25, 0.3) is 0 Å². The van der Waals surface area contributed by atoms with Crippen LogP contribution in [0.4, 0.5) is 5.69 Å². The number of ether oxygens (including phenoxy) is 1. The van der Waals surface area contributed by atoms with Crippen molar-refractivity contribution in [2.24, 2.45) is 0 Å². The monoisotopic (exact) mass is 381 g/mol. The molecule has 1 heterocycles. The summed E-state index contributed by atoms with van der Waals surface area (Å²) in [6.07, 6.45) is 0.870. The fraction of sp³-hybridized carbons (Fsp3) is 0.364. The lowest BCUT2D eigenvalue weighted by Gasteiger charge is -2.33. The van der Waals surface area contributed by atoms with Gasteiger partial charge in [0.1, 0.15) is 5.75 Å². The predicted octanol–water partition coefficient (Wildman–Crippen LogP) is 2.54. The van der Waals surface area contributed by atoms with Crippen LogP contribution in [-0.2, 0) is 22.6 Å². The van der Waals surface area contributed by atoms with E-state index >= 15 is 0 Å². The van der Waals surface area contributed by atoms with Gasteiger partial charge in [-0.25, -0.2) is 0 Å². The summed E-state index contributed by atoms with van der Waals surface area (Å²) >= 11 is 0. The van der Waals surface area contributed by atoms with Crippen molar-refractivity contribution >= 4 is 17.5 Å². The molecule has 0 fully saturated rings. The summed E-state index contributed by atoms with van der Waals surface area (Å²) in [6.45, 7) is 3.32. The number of amides is 2. The van der Waals surface area contributed by atoms with E-state index in [1.807, 2.05) is 36.1 Å². The van der Waals surface area contributed by atoms with Crippen molar-refractivity contribution in [2.75, 3.05) is 32.6 Å². The molecule has 6 nitrogen and oxygen atoms in total. The summed E-state index contributed by atoms with van der Waals surface area (Å²) in [6, 6.07) is 15.1. The molecule has 2 aromatic rings. The molecular formula is C22H27N3O3. The summed E-state index contributed by atoms with van der Waals surface area (Å²) in [5.74, 6) is 0.561. The van der Waals surface area contributed by atoms with E-state index in [0.29, 0.717) is 24.5 Å². The third kappa shape index (κ3) is 4.70. The van der Waals surface area contributed by atoms with Crippen molar-refractivity contribution in [3.63, 3.8) is 0 Å². The van der Waals surface area contributed by atoms with Crippen LogP contribution < -0.4 is 10.1 Å². The van der Waals surface area contributed by atoms with E-state index < -0.39 is 0 Å². The van der Waals surface area contributed by atoms with Crippen LogP contribution in [0.2, 0.25) is 0 Å². The summed E-state index contributed by atoms with van der Waals surface area (Å²) in [7, 11) is 3.38. The Bertz CT molecular complexity index is 852. The number of nitrogens with one attached hydrogen (secondary N) is 1. The first kappa shape index (κ1) is 19.9. The van der Waals surface area contributed by atoms with Gasteiger partial charge in [-0.1, -0.05) is 30.3 Å². The molecular weight excluding hydrogens is 354 g/mol. The highest BCUT2D eigenvalue weighted by Crippen LogP contribution is 2.20. The predicted molar refractivity (Wildman–Crippen MR) is 109 cm³/mol. The lowest BCUT2D eigenvalue weighted by Crippen LogP contribution is -2.49. The number of anilines is 1. The Morgan fingerprint density at radius 2 is 1.93 bits per heavy atom.